The van der Waals surface area contributed by atoms with Gasteiger partial charge < -0.3 is 20.1 Å². The maximum atomic E-state index is 12.1. The van der Waals surface area contributed by atoms with Crippen LogP contribution in [0.3, 0.4) is 0 Å². The Balaban J connectivity index is 2.03. The van der Waals surface area contributed by atoms with Gasteiger partial charge in [-0.15, -0.1) is 0 Å². The van der Waals surface area contributed by atoms with Gasteiger partial charge in [-0.1, -0.05) is 0 Å². The van der Waals surface area contributed by atoms with Crippen molar-refractivity contribution in [1.82, 2.24) is 4.90 Å². The van der Waals surface area contributed by atoms with Crippen LogP contribution in [0.15, 0.2) is 24.2 Å². The lowest BCUT2D eigenvalue weighted by Gasteiger charge is -2.33. The molecule has 0 aliphatic carbocycles. The molecule has 0 aromatic heterocycles. The minimum atomic E-state index is -0.552. The summed E-state index contributed by atoms with van der Waals surface area (Å²) in [7, 11) is 0. The first-order chi connectivity index (χ1) is 11.5. The first-order valence-electron chi connectivity index (χ1n) is 9.01. The van der Waals surface area contributed by atoms with Crippen molar-refractivity contribution in [3.63, 3.8) is 0 Å². The number of nitrogens with zero attached hydrogens (tertiary/aromatic N) is 1. The SMILES string of the molecule is [2H]c1c([2H])c(OC2CCN(C(=O)OC(C)(C)C)CC2)c([2H])c([2H])c1N. The predicted octanol–water partition coefficient (Wildman–Crippen LogP) is 3.05. The number of amides is 1. The summed E-state index contributed by atoms with van der Waals surface area (Å²) in [5.74, 6) is -0.0973. The van der Waals surface area contributed by atoms with E-state index in [9.17, 15) is 4.79 Å². The molecule has 1 aromatic rings. The lowest BCUT2D eigenvalue weighted by atomic mass is 10.1. The van der Waals surface area contributed by atoms with Crippen LogP contribution in [-0.2, 0) is 4.74 Å². The summed E-state index contributed by atoms with van der Waals surface area (Å²) in [5.41, 5.74) is 4.81. The molecule has 2 rings (SSSR count). The number of piperidine rings is 1. The van der Waals surface area contributed by atoms with Gasteiger partial charge in [-0.25, -0.2) is 4.79 Å². The van der Waals surface area contributed by atoms with Crippen LogP contribution in [0.4, 0.5) is 10.5 Å². The van der Waals surface area contributed by atoms with Gasteiger partial charge in [0.1, 0.15) is 17.5 Å². The molecule has 1 aliphatic heterocycles. The van der Waals surface area contributed by atoms with Gasteiger partial charge in [-0.05, 0) is 44.9 Å². The Kier molecular flexibility index (Phi) is 3.20. The monoisotopic (exact) mass is 296 g/mol. The van der Waals surface area contributed by atoms with Crippen molar-refractivity contribution in [1.29, 1.82) is 0 Å². The van der Waals surface area contributed by atoms with Crippen molar-refractivity contribution < 1.29 is 19.8 Å². The molecule has 0 unspecified atom stereocenters. The molecule has 0 atom stereocenters. The second-order valence-corrected chi connectivity index (χ2v) is 6.03. The quantitative estimate of drug-likeness (QED) is 0.852. The first kappa shape index (κ1) is 10.8. The van der Waals surface area contributed by atoms with Crippen molar-refractivity contribution in [3.05, 3.63) is 24.2 Å². The molecule has 1 aromatic carbocycles. The third kappa shape index (κ3) is 4.85. The zero-order valence-electron chi connectivity index (χ0n) is 16.7. The number of ether oxygens (including phenoxy) is 2. The van der Waals surface area contributed by atoms with E-state index in [0.717, 1.165) is 0 Å². The molecule has 1 fully saturated rings. The third-order valence-electron chi connectivity index (χ3n) is 3.00. The molecule has 1 amide bonds. The van der Waals surface area contributed by atoms with Crippen molar-refractivity contribution >= 4 is 11.8 Å². The van der Waals surface area contributed by atoms with Crippen molar-refractivity contribution in [3.8, 4) is 5.75 Å². The number of nitrogens with two attached hydrogens (primary N) is 1. The number of nitrogen functional groups attached to an aromatic ring is 1. The molecule has 5 heteroatoms. The van der Waals surface area contributed by atoms with Crippen molar-refractivity contribution in [2.24, 2.45) is 0 Å². The van der Waals surface area contributed by atoms with Crippen molar-refractivity contribution in [2.75, 3.05) is 18.8 Å². The maximum absolute atomic E-state index is 12.1. The summed E-state index contributed by atoms with van der Waals surface area (Å²) in [6.45, 7) is 6.31. The van der Waals surface area contributed by atoms with Crippen molar-refractivity contribution in [2.45, 2.75) is 45.3 Å². The maximum Gasteiger partial charge on any atom is 0.410 e. The Hall–Kier alpha value is -1.91. The topological polar surface area (TPSA) is 64.8 Å². The molecule has 2 N–H and O–H groups in total. The van der Waals surface area contributed by atoms with E-state index in [1.165, 1.54) is 0 Å². The Morgan fingerprint density at radius 1 is 1.29 bits per heavy atom. The molecule has 0 radical (unpaired) electrons. The van der Waals surface area contributed by atoms with Gasteiger partial charge in [0.15, 0.2) is 0 Å². The van der Waals surface area contributed by atoms with E-state index in [4.69, 9.17) is 20.7 Å². The highest BCUT2D eigenvalue weighted by atomic mass is 16.6. The summed E-state index contributed by atoms with van der Waals surface area (Å²) >= 11 is 0. The van der Waals surface area contributed by atoms with E-state index >= 15 is 0 Å². The van der Waals surface area contributed by atoms with E-state index in [0.29, 0.717) is 25.9 Å². The number of anilines is 1. The predicted molar refractivity (Wildman–Crippen MR) is 82.3 cm³/mol. The highest BCUT2D eigenvalue weighted by molar-refractivity contribution is 5.68. The molecule has 0 bridgehead atoms. The second kappa shape index (κ2) is 6.24. The first-order valence-corrected chi connectivity index (χ1v) is 7.01. The number of benzene rings is 1. The van der Waals surface area contributed by atoms with Crippen LogP contribution in [0.5, 0.6) is 5.75 Å². The van der Waals surface area contributed by atoms with E-state index in [1.807, 2.05) is 20.8 Å². The normalized spacial score (nSPS) is 19.3. The van der Waals surface area contributed by atoms with Crippen LogP contribution in [0, 0.1) is 0 Å². The summed E-state index contributed by atoms with van der Waals surface area (Å²) in [5, 5.41) is 0. The number of carbonyl (C=O) groups excluding carboxylic acids is 1. The standard InChI is InChI=1S/C16H24N2O3/c1-16(2,3)21-15(19)18-10-8-14(9-11-18)20-13-6-4-12(17)5-7-13/h4-7,14H,8-11,17H2,1-3H3/i4D,5D,6D,7D. The van der Waals surface area contributed by atoms with Crippen LogP contribution in [0.1, 0.15) is 39.1 Å². The van der Waals surface area contributed by atoms with Crippen LogP contribution < -0.4 is 10.5 Å². The van der Waals surface area contributed by atoms with E-state index < -0.39 is 5.60 Å². The largest absolute Gasteiger partial charge is 0.490 e. The molecule has 1 heterocycles. The van der Waals surface area contributed by atoms with Crippen LogP contribution in [-0.4, -0.2) is 35.8 Å². The van der Waals surface area contributed by atoms with Gasteiger partial charge in [-0.2, -0.15) is 0 Å². The molecule has 116 valence electrons. The minimum Gasteiger partial charge on any atom is -0.490 e. The molecular formula is C16H24N2O3. The summed E-state index contributed by atoms with van der Waals surface area (Å²) in [4.78, 5) is 13.7. The fraction of sp³-hybridized carbons (Fsp3) is 0.562. The molecule has 1 saturated heterocycles. The Bertz CT molecular complexity index is 639. The molecule has 21 heavy (non-hydrogen) atoms. The fourth-order valence-electron chi connectivity index (χ4n) is 2.02. The molecule has 0 saturated carbocycles. The zero-order valence-corrected chi connectivity index (χ0v) is 12.7. The fourth-order valence-corrected chi connectivity index (χ4v) is 2.02. The average Bonchev–Trinajstić information content (AvgIpc) is 2.54. The van der Waals surface area contributed by atoms with Gasteiger partial charge in [-0.3, -0.25) is 0 Å². The molecule has 5 nitrogen and oxygen atoms in total. The summed E-state index contributed by atoms with van der Waals surface area (Å²) in [6, 6.07) is -1.18. The number of carbonyl (C=O) groups is 1. The minimum absolute atomic E-state index is 0.0973. The number of hydrogen-bond donors (Lipinski definition) is 1. The van der Waals surface area contributed by atoms with Gasteiger partial charge in [0.2, 0.25) is 0 Å². The highest BCUT2D eigenvalue weighted by Crippen LogP contribution is 2.21. The van der Waals surface area contributed by atoms with Crippen LogP contribution >= 0.6 is 0 Å². The van der Waals surface area contributed by atoms with E-state index in [-0.39, 0.29) is 47.8 Å². The van der Waals surface area contributed by atoms with Gasteiger partial charge in [0, 0.05) is 31.6 Å². The molecular weight excluding hydrogens is 268 g/mol. The van der Waals surface area contributed by atoms with E-state index in [2.05, 4.69) is 0 Å². The second-order valence-electron chi connectivity index (χ2n) is 6.03. The van der Waals surface area contributed by atoms with E-state index in [1.54, 1.807) is 4.90 Å². The summed E-state index contributed by atoms with van der Waals surface area (Å²) in [6.07, 6.45) is 0.365. The lowest BCUT2D eigenvalue weighted by molar-refractivity contribution is 0.0126. The van der Waals surface area contributed by atoms with Gasteiger partial charge in [0.25, 0.3) is 0 Å². The Morgan fingerprint density at radius 3 is 2.38 bits per heavy atom. The summed E-state index contributed by atoms with van der Waals surface area (Å²) < 4.78 is 42.4. The lowest BCUT2D eigenvalue weighted by Crippen LogP contribution is -2.44. The third-order valence-corrected chi connectivity index (χ3v) is 3.00. The Morgan fingerprint density at radius 2 is 1.86 bits per heavy atom. The number of likely N-dealkylation sites (tertiary alicyclic amines) is 1. The molecule has 0 spiro atoms. The van der Waals surface area contributed by atoms with Gasteiger partial charge >= 0.3 is 6.09 Å². The average molecular weight is 296 g/mol. The van der Waals surface area contributed by atoms with Crippen LogP contribution in [0.25, 0.3) is 0 Å². The van der Waals surface area contributed by atoms with Crippen LogP contribution in [0.2, 0.25) is 0 Å². The Labute approximate surface area is 131 Å². The highest BCUT2D eigenvalue weighted by Gasteiger charge is 2.27. The number of rotatable bonds is 2. The molecule has 1 aliphatic rings. The van der Waals surface area contributed by atoms with Gasteiger partial charge in [0.05, 0.1) is 5.48 Å². The smallest absolute Gasteiger partial charge is 0.410 e. The zero-order chi connectivity index (χ0) is 18.9. The number of hydrogen-bond acceptors (Lipinski definition) is 4.